The molecule has 3 N–H and O–H groups in total. The number of hydrogen-bond donors (Lipinski definition) is 3. The minimum Gasteiger partial charge on any atom is -0.356 e. The van der Waals surface area contributed by atoms with Crippen LogP contribution in [0.25, 0.3) is 0 Å². The first-order valence-corrected chi connectivity index (χ1v) is 10.2. The molecule has 0 aliphatic carbocycles. The molecule has 1 aromatic heterocycles. The Morgan fingerprint density at radius 3 is 2.75 bits per heavy atom. The van der Waals surface area contributed by atoms with E-state index in [1.807, 2.05) is 12.1 Å². The lowest BCUT2D eigenvalue weighted by Crippen LogP contribution is -2.49. The van der Waals surface area contributed by atoms with E-state index in [1.165, 1.54) is 4.88 Å². The number of guanidine groups is 1. The van der Waals surface area contributed by atoms with E-state index < -0.39 is 0 Å². The lowest BCUT2D eigenvalue weighted by molar-refractivity contribution is -0.123. The Bertz CT molecular complexity index is 818. The fourth-order valence-corrected chi connectivity index (χ4v) is 3.63. The monoisotopic (exact) mass is 399 g/mol. The highest BCUT2D eigenvalue weighted by Gasteiger charge is 2.22. The molecule has 2 aromatic rings. The molecule has 1 fully saturated rings. The van der Waals surface area contributed by atoms with Crippen LogP contribution in [0.4, 0.5) is 0 Å². The van der Waals surface area contributed by atoms with Crippen molar-refractivity contribution in [2.45, 2.75) is 13.0 Å². The number of amides is 2. The highest BCUT2D eigenvalue weighted by atomic mass is 32.1. The van der Waals surface area contributed by atoms with Gasteiger partial charge >= 0.3 is 0 Å². The smallest absolute Gasteiger partial charge is 0.254 e. The van der Waals surface area contributed by atoms with Crippen molar-refractivity contribution in [2.24, 2.45) is 4.99 Å². The highest BCUT2D eigenvalue weighted by molar-refractivity contribution is 7.09. The fraction of sp³-hybridized carbons (Fsp3) is 0.350. The number of rotatable bonds is 6. The van der Waals surface area contributed by atoms with Crippen molar-refractivity contribution in [3.63, 3.8) is 0 Å². The topological polar surface area (TPSA) is 85.8 Å². The Hall–Kier alpha value is -2.87. The predicted octanol–water partition coefficient (Wildman–Crippen LogP) is 1.23. The average Bonchev–Trinajstić information content (AvgIpc) is 3.24. The molecule has 28 heavy (non-hydrogen) atoms. The Balaban J connectivity index is 1.46. The molecule has 7 nitrogen and oxygen atoms in total. The van der Waals surface area contributed by atoms with Crippen molar-refractivity contribution in [3.05, 3.63) is 57.8 Å². The van der Waals surface area contributed by atoms with Crippen molar-refractivity contribution < 1.29 is 9.59 Å². The van der Waals surface area contributed by atoms with Crippen LogP contribution in [-0.2, 0) is 17.8 Å². The van der Waals surface area contributed by atoms with E-state index in [9.17, 15) is 9.59 Å². The zero-order valence-corrected chi connectivity index (χ0v) is 16.7. The van der Waals surface area contributed by atoms with Crippen molar-refractivity contribution in [2.75, 3.05) is 33.2 Å². The summed E-state index contributed by atoms with van der Waals surface area (Å²) in [6, 6.07) is 11.6. The standard InChI is InChI=1S/C20H25N5O2S/c1-21-20(23-9-8-17-3-2-12-28-17)24-13-15-4-6-16(7-5-15)19(27)25-11-10-22-18(26)14-25/h2-7,12H,8-11,13-14H2,1H3,(H,22,26)(H2,21,23,24). The third-order valence-electron chi connectivity index (χ3n) is 4.45. The summed E-state index contributed by atoms with van der Waals surface area (Å²) in [6.07, 6.45) is 0.962. The number of benzene rings is 1. The highest BCUT2D eigenvalue weighted by Crippen LogP contribution is 2.09. The minimum absolute atomic E-state index is 0.111. The number of piperazine rings is 1. The lowest BCUT2D eigenvalue weighted by atomic mass is 10.1. The molecule has 2 amide bonds. The molecule has 0 atom stereocenters. The summed E-state index contributed by atoms with van der Waals surface area (Å²) in [7, 11) is 1.75. The van der Waals surface area contributed by atoms with Crippen LogP contribution in [0.1, 0.15) is 20.8 Å². The lowest BCUT2D eigenvalue weighted by Gasteiger charge is -2.26. The van der Waals surface area contributed by atoms with Crippen LogP contribution in [0.15, 0.2) is 46.8 Å². The van der Waals surface area contributed by atoms with Gasteiger partial charge in [-0.1, -0.05) is 18.2 Å². The van der Waals surface area contributed by atoms with E-state index in [1.54, 1.807) is 35.4 Å². The summed E-state index contributed by atoms with van der Waals surface area (Å²) in [4.78, 5) is 31.1. The zero-order valence-electron chi connectivity index (χ0n) is 15.9. The van der Waals surface area contributed by atoms with E-state index in [2.05, 4.69) is 38.5 Å². The molecule has 1 saturated heterocycles. The van der Waals surface area contributed by atoms with Crippen molar-refractivity contribution >= 4 is 29.1 Å². The fourth-order valence-electron chi connectivity index (χ4n) is 2.93. The van der Waals surface area contributed by atoms with E-state index >= 15 is 0 Å². The van der Waals surface area contributed by atoms with Crippen molar-refractivity contribution in [1.82, 2.24) is 20.9 Å². The predicted molar refractivity (Wildman–Crippen MR) is 112 cm³/mol. The van der Waals surface area contributed by atoms with E-state index in [0.29, 0.717) is 25.2 Å². The quantitative estimate of drug-likeness (QED) is 0.504. The van der Waals surface area contributed by atoms with E-state index in [-0.39, 0.29) is 18.4 Å². The van der Waals surface area contributed by atoms with Crippen LogP contribution in [0.2, 0.25) is 0 Å². The van der Waals surface area contributed by atoms with Gasteiger partial charge in [0.25, 0.3) is 5.91 Å². The normalized spacial score (nSPS) is 14.5. The van der Waals surface area contributed by atoms with Gasteiger partial charge in [0.2, 0.25) is 5.91 Å². The Morgan fingerprint density at radius 1 is 1.25 bits per heavy atom. The number of carbonyl (C=O) groups is 2. The molecule has 1 aliphatic heterocycles. The van der Waals surface area contributed by atoms with Gasteiger partial charge in [-0.25, -0.2) is 0 Å². The van der Waals surface area contributed by atoms with Gasteiger partial charge in [0.1, 0.15) is 0 Å². The second-order valence-electron chi connectivity index (χ2n) is 6.46. The first-order chi connectivity index (χ1) is 13.7. The van der Waals surface area contributed by atoms with Gasteiger partial charge < -0.3 is 20.9 Å². The second kappa shape index (κ2) is 9.89. The molecule has 148 valence electrons. The third-order valence-corrected chi connectivity index (χ3v) is 5.39. The van der Waals surface area contributed by atoms with Gasteiger partial charge in [0.05, 0.1) is 6.54 Å². The van der Waals surface area contributed by atoms with Crippen LogP contribution in [0, 0.1) is 0 Å². The number of thiophene rings is 1. The SMILES string of the molecule is CN=C(NCCc1cccs1)NCc1ccc(C(=O)N2CCNC(=O)C2)cc1. The van der Waals surface area contributed by atoms with Crippen molar-refractivity contribution in [3.8, 4) is 0 Å². The zero-order chi connectivity index (χ0) is 19.8. The largest absolute Gasteiger partial charge is 0.356 e. The molecule has 0 bridgehead atoms. The molecular weight excluding hydrogens is 374 g/mol. The maximum absolute atomic E-state index is 12.5. The third kappa shape index (κ3) is 5.56. The summed E-state index contributed by atoms with van der Waals surface area (Å²) in [6.45, 7) is 2.60. The van der Waals surface area contributed by atoms with Gasteiger partial charge in [-0.3, -0.25) is 14.6 Å². The van der Waals surface area contributed by atoms with Gasteiger partial charge in [-0.05, 0) is 35.6 Å². The van der Waals surface area contributed by atoms with Gasteiger partial charge in [0, 0.05) is 43.7 Å². The molecule has 0 radical (unpaired) electrons. The molecule has 0 unspecified atom stereocenters. The number of aliphatic imine (C=N–C) groups is 1. The van der Waals surface area contributed by atoms with Gasteiger partial charge in [-0.15, -0.1) is 11.3 Å². The number of nitrogens with one attached hydrogen (secondary N) is 3. The molecule has 3 rings (SSSR count). The van der Waals surface area contributed by atoms with Gasteiger partial charge in [-0.2, -0.15) is 0 Å². The molecular formula is C20H25N5O2S. The number of hydrogen-bond acceptors (Lipinski definition) is 4. The van der Waals surface area contributed by atoms with Crippen molar-refractivity contribution in [1.29, 1.82) is 0 Å². The van der Waals surface area contributed by atoms with E-state index in [0.717, 1.165) is 24.5 Å². The molecule has 1 aromatic carbocycles. The van der Waals surface area contributed by atoms with Crippen LogP contribution < -0.4 is 16.0 Å². The van der Waals surface area contributed by atoms with E-state index in [4.69, 9.17) is 0 Å². The first kappa shape index (κ1) is 19.9. The Kier molecular flexibility index (Phi) is 7.02. The maximum atomic E-state index is 12.5. The average molecular weight is 400 g/mol. The number of carbonyl (C=O) groups excluding carboxylic acids is 2. The second-order valence-corrected chi connectivity index (χ2v) is 7.49. The molecule has 2 heterocycles. The van der Waals surface area contributed by atoms with Crippen LogP contribution in [0.5, 0.6) is 0 Å². The molecule has 1 aliphatic rings. The van der Waals surface area contributed by atoms with Crippen LogP contribution >= 0.6 is 11.3 Å². The first-order valence-electron chi connectivity index (χ1n) is 9.27. The molecule has 0 saturated carbocycles. The maximum Gasteiger partial charge on any atom is 0.254 e. The summed E-state index contributed by atoms with van der Waals surface area (Å²) in [5, 5.41) is 11.4. The molecule has 8 heteroatoms. The summed E-state index contributed by atoms with van der Waals surface area (Å²) < 4.78 is 0. The molecule has 0 spiro atoms. The minimum atomic E-state index is -0.113. The van der Waals surface area contributed by atoms with Crippen LogP contribution in [0.3, 0.4) is 0 Å². The Morgan fingerprint density at radius 2 is 2.07 bits per heavy atom. The number of nitrogens with zero attached hydrogens (tertiary/aromatic N) is 2. The Labute approximate surface area is 168 Å². The van der Waals surface area contributed by atoms with Gasteiger partial charge in [0.15, 0.2) is 5.96 Å². The summed E-state index contributed by atoms with van der Waals surface area (Å²) in [5.74, 6) is 0.523. The summed E-state index contributed by atoms with van der Waals surface area (Å²) in [5.41, 5.74) is 1.64. The van der Waals surface area contributed by atoms with Crippen LogP contribution in [-0.4, -0.2) is 55.9 Å². The summed E-state index contributed by atoms with van der Waals surface area (Å²) >= 11 is 1.75.